The molecular formula is C22H23F7N2O2S. The van der Waals surface area contributed by atoms with Crippen molar-refractivity contribution in [2.24, 2.45) is 5.92 Å². The van der Waals surface area contributed by atoms with Gasteiger partial charge in [0.25, 0.3) is 0 Å². The zero-order chi connectivity index (χ0) is 25.3. The third-order valence-corrected chi connectivity index (χ3v) is 7.04. The number of nitrogens with one attached hydrogen (secondary N) is 1. The smallest absolute Gasteiger partial charge is 0.316 e. The largest absolute Gasteiger partial charge is 0.416 e. The van der Waals surface area contributed by atoms with Gasteiger partial charge in [-0.05, 0) is 72.8 Å². The second-order valence-corrected chi connectivity index (χ2v) is 10.4. The fourth-order valence-electron chi connectivity index (χ4n) is 4.16. The molecule has 2 aromatic rings. The Bertz CT molecular complexity index is 1070. The Balaban J connectivity index is 1.93. The molecule has 1 N–H and O–H groups in total. The van der Waals surface area contributed by atoms with E-state index in [0.717, 1.165) is 16.1 Å². The standard InChI is InChI=1S/C22H23F7N2O2S/c1-34(32,33)31(12-14-8-17(21(24,25)26)10-18(9-14)22(27,28)29)13-16-11-30-7-6-20(16)15-2-4-19(23)5-3-15/h2-5,8-10,16,20,30H,6-7,11-13H2,1H3/t16?,20-/m0/s1. The van der Waals surface area contributed by atoms with Crippen molar-refractivity contribution < 1.29 is 39.2 Å². The Morgan fingerprint density at radius 3 is 2.03 bits per heavy atom. The van der Waals surface area contributed by atoms with Gasteiger partial charge in [-0.15, -0.1) is 0 Å². The van der Waals surface area contributed by atoms with Crippen LogP contribution in [0.2, 0.25) is 0 Å². The molecule has 3 rings (SSSR count). The summed E-state index contributed by atoms with van der Waals surface area (Å²) in [5.74, 6) is -0.933. The van der Waals surface area contributed by atoms with Crippen LogP contribution in [0.1, 0.15) is 34.6 Å². The summed E-state index contributed by atoms with van der Waals surface area (Å²) in [6, 6.07) is 6.81. The van der Waals surface area contributed by atoms with Gasteiger partial charge < -0.3 is 5.32 Å². The number of hydrogen-bond acceptors (Lipinski definition) is 3. The van der Waals surface area contributed by atoms with Gasteiger partial charge in [0.1, 0.15) is 5.82 Å². The van der Waals surface area contributed by atoms with Crippen LogP contribution in [0.15, 0.2) is 42.5 Å². The van der Waals surface area contributed by atoms with Gasteiger partial charge in [-0.25, -0.2) is 12.8 Å². The molecule has 4 nitrogen and oxygen atoms in total. The topological polar surface area (TPSA) is 49.4 Å². The fraction of sp³-hybridized carbons (Fsp3) is 0.455. The highest BCUT2D eigenvalue weighted by atomic mass is 32.2. The van der Waals surface area contributed by atoms with E-state index in [1.807, 2.05) is 0 Å². The van der Waals surface area contributed by atoms with Crippen molar-refractivity contribution in [2.45, 2.75) is 31.2 Å². The first-order chi connectivity index (χ1) is 15.6. The molecule has 1 fully saturated rings. The highest BCUT2D eigenvalue weighted by molar-refractivity contribution is 7.88. The van der Waals surface area contributed by atoms with E-state index in [1.165, 1.54) is 12.1 Å². The lowest BCUT2D eigenvalue weighted by molar-refractivity contribution is -0.143. The molecule has 1 unspecified atom stereocenters. The first-order valence-corrected chi connectivity index (χ1v) is 12.2. The van der Waals surface area contributed by atoms with Gasteiger partial charge in [0.05, 0.1) is 17.4 Å². The normalized spacial score (nSPS) is 20.0. The predicted molar refractivity (Wildman–Crippen MR) is 112 cm³/mol. The van der Waals surface area contributed by atoms with E-state index in [0.29, 0.717) is 31.6 Å². The lowest BCUT2D eigenvalue weighted by atomic mass is 9.81. The zero-order valence-electron chi connectivity index (χ0n) is 18.0. The summed E-state index contributed by atoms with van der Waals surface area (Å²) in [7, 11) is -3.99. The summed E-state index contributed by atoms with van der Waals surface area (Å²) in [4.78, 5) is 0. The summed E-state index contributed by atoms with van der Waals surface area (Å²) in [6.45, 7) is 0.217. The van der Waals surface area contributed by atoms with Gasteiger partial charge >= 0.3 is 12.4 Å². The molecular weight excluding hydrogens is 489 g/mol. The first-order valence-electron chi connectivity index (χ1n) is 10.3. The van der Waals surface area contributed by atoms with Crippen LogP contribution in [-0.4, -0.2) is 38.6 Å². The van der Waals surface area contributed by atoms with Gasteiger partial charge in [0.2, 0.25) is 10.0 Å². The SMILES string of the molecule is CS(=O)(=O)N(Cc1cc(C(F)(F)F)cc(C(F)(F)F)c1)CC1CNCC[C@H]1c1ccc(F)cc1. The van der Waals surface area contributed by atoms with Crippen molar-refractivity contribution in [3.8, 4) is 0 Å². The number of alkyl halides is 6. The second kappa shape index (κ2) is 9.82. The Hall–Kier alpha value is -2.18. The molecule has 0 aromatic heterocycles. The Kier molecular flexibility index (Phi) is 7.63. The molecule has 1 heterocycles. The van der Waals surface area contributed by atoms with Gasteiger partial charge in [-0.1, -0.05) is 12.1 Å². The van der Waals surface area contributed by atoms with Crippen molar-refractivity contribution in [3.05, 3.63) is 70.5 Å². The number of rotatable bonds is 6. The average molecular weight is 512 g/mol. The Labute approximate surface area is 192 Å². The number of nitrogens with zero attached hydrogens (tertiary/aromatic N) is 1. The molecule has 0 aliphatic carbocycles. The molecule has 188 valence electrons. The summed E-state index contributed by atoms with van der Waals surface area (Å²) in [5, 5.41) is 3.13. The third-order valence-electron chi connectivity index (χ3n) is 5.82. The van der Waals surface area contributed by atoms with Crippen LogP contribution < -0.4 is 5.32 Å². The molecule has 0 saturated carbocycles. The van der Waals surface area contributed by atoms with Gasteiger partial charge in [0, 0.05) is 13.1 Å². The molecule has 1 aliphatic rings. The molecule has 34 heavy (non-hydrogen) atoms. The minimum atomic E-state index is -5.03. The lowest BCUT2D eigenvalue weighted by Gasteiger charge is -2.35. The maximum absolute atomic E-state index is 13.3. The molecule has 12 heteroatoms. The van der Waals surface area contributed by atoms with Gasteiger partial charge in [-0.3, -0.25) is 0 Å². The third kappa shape index (κ3) is 6.70. The maximum Gasteiger partial charge on any atom is 0.416 e. The summed E-state index contributed by atoms with van der Waals surface area (Å²) in [6.07, 6.45) is -8.61. The molecule has 0 bridgehead atoms. The van der Waals surface area contributed by atoms with Gasteiger partial charge in [-0.2, -0.15) is 30.6 Å². The van der Waals surface area contributed by atoms with Crippen molar-refractivity contribution in [1.29, 1.82) is 0 Å². The average Bonchev–Trinajstić information content (AvgIpc) is 2.72. The number of halogens is 7. The summed E-state index contributed by atoms with van der Waals surface area (Å²) in [5.41, 5.74) is -2.65. The number of sulfonamides is 1. The van der Waals surface area contributed by atoms with Crippen molar-refractivity contribution in [1.82, 2.24) is 9.62 Å². The second-order valence-electron chi connectivity index (χ2n) is 8.38. The van der Waals surface area contributed by atoms with E-state index in [4.69, 9.17) is 0 Å². The van der Waals surface area contributed by atoms with E-state index >= 15 is 0 Å². The molecule has 0 spiro atoms. The first kappa shape index (κ1) is 26.4. The molecule has 1 saturated heterocycles. The molecule has 2 aromatic carbocycles. The van der Waals surface area contributed by atoms with Crippen LogP contribution in [0.5, 0.6) is 0 Å². The highest BCUT2D eigenvalue weighted by Crippen LogP contribution is 2.37. The van der Waals surface area contributed by atoms with E-state index in [1.54, 1.807) is 12.1 Å². The lowest BCUT2D eigenvalue weighted by Crippen LogP contribution is -2.43. The fourth-order valence-corrected chi connectivity index (χ4v) is 5.00. The summed E-state index contributed by atoms with van der Waals surface area (Å²) >= 11 is 0. The molecule has 2 atom stereocenters. The Morgan fingerprint density at radius 1 is 0.971 bits per heavy atom. The van der Waals surface area contributed by atoms with Gasteiger partial charge in [0.15, 0.2) is 0 Å². The summed E-state index contributed by atoms with van der Waals surface area (Å²) < 4.78 is 118. The monoisotopic (exact) mass is 512 g/mol. The van der Waals surface area contributed by atoms with Crippen LogP contribution in [0, 0.1) is 11.7 Å². The van der Waals surface area contributed by atoms with Crippen LogP contribution in [0.4, 0.5) is 30.7 Å². The molecule has 0 radical (unpaired) electrons. The zero-order valence-corrected chi connectivity index (χ0v) is 18.9. The Morgan fingerprint density at radius 2 is 1.53 bits per heavy atom. The van der Waals surface area contributed by atoms with Crippen LogP contribution in [0.3, 0.4) is 0 Å². The number of hydrogen-bond donors (Lipinski definition) is 1. The van der Waals surface area contributed by atoms with E-state index < -0.39 is 51.4 Å². The molecule has 0 amide bonds. The minimum Gasteiger partial charge on any atom is -0.316 e. The van der Waals surface area contributed by atoms with Crippen molar-refractivity contribution in [2.75, 3.05) is 25.9 Å². The maximum atomic E-state index is 13.3. The number of piperidine rings is 1. The van der Waals surface area contributed by atoms with Crippen LogP contribution in [0.25, 0.3) is 0 Å². The van der Waals surface area contributed by atoms with Crippen molar-refractivity contribution in [3.63, 3.8) is 0 Å². The highest BCUT2D eigenvalue weighted by Gasteiger charge is 2.38. The predicted octanol–water partition coefficient (Wildman–Crippen LogP) is 5.02. The number of benzene rings is 2. The van der Waals surface area contributed by atoms with Crippen molar-refractivity contribution >= 4 is 10.0 Å². The van der Waals surface area contributed by atoms with Crippen LogP contribution in [-0.2, 0) is 28.9 Å². The minimum absolute atomic E-state index is 0.00388. The molecule has 1 aliphatic heterocycles. The van der Waals surface area contributed by atoms with E-state index in [-0.39, 0.29) is 24.4 Å². The quantitative estimate of drug-likeness (QED) is 0.554. The van der Waals surface area contributed by atoms with E-state index in [2.05, 4.69) is 5.32 Å². The van der Waals surface area contributed by atoms with Crippen LogP contribution >= 0.6 is 0 Å². The van der Waals surface area contributed by atoms with E-state index in [9.17, 15) is 39.2 Å².